The molecule has 7 nitrogen and oxygen atoms in total. The minimum absolute atomic E-state index is 0.0503. The fourth-order valence-corrected chi connectivity index (χ4v) is 3.33. The van der Waals surface area contributed by atoms with E-state index in [9.17, 15) is 13.6 Å². The normalized spacial score (nSPS) is 11.0. The number of furan rings is 2. The zero-order valence-electron chi connectivity index (χ0n) is 14.8. The van der Waals surface area contributed by atoms with Gasteiger partial charge in [0.15, 0.2) is 10.9 Å². The number of benzene rings is 1. The minimum Gasteiger partial charge on any atom is -0.467 e. The summed E-state index contributed by atoms with van der Waals surface area (Å²) in [5.74, 6) is -0.390. The highest BCUT2D eigenvalue weighted by molar-refractivity contribution is 7.99. The molecule has 0 spiro atoms. The molecular formula is C19H14F2N4O3S. The summed E-state index contributed by atoms with van der Waals surface area (Å²) < 4.78 is 39.2. The smallest absolute Gasteiger partial charge is 0.234 e. The summed E-state index contributed by atoms with van der Waals surface area (Å²) in [7, 11) is 0. The van der Waals surface area contributed by atoms with Crippen molar-refractivity contribution >= 4 is 23.4 Å². The summed E-state index contributed by atoms with van der Waals surface area (Å²) in [4.78, 5) is 12.2. The van der Waals surface area contributed by atoms with Crippen LogP contribution in [0.25, 0.3) is 11.6 Å². The maximum atomic E-state index is 13.7. The summed E-state index contributed by atoms with van der Waals surface area (Å²) in [6.45, 7) is 0.340. The van der Waals surface area contributed by atoms with Crippen molar-refractivity contribution in [3.63, 3.8) is 0 Å². The molecule has 148 valence electrons. The average molecular weight is 416 g/mol. The molecule has 4 aromatic rings. The zero-order chi connectivity index (χ0) is 20.2. The van der Waals surface area contributed by atoms with Crippen LogP contribution in [-0.2, 0) is 11.3 Å². The lowest BCUT2D eigenvalue weighted by Crippen LogP contribution is -2.16. The van der Waals surface area contributed by atoms with Crippen LogP contribution in [0.1, 0.15) is 5.76 Å². The van der Waals surface area contributed by atoms with Crippen molar-refractivity contribution < 1.29 is 22.4 Å². The Morgan fingerprint density at radius 2 is 1.93 bits per heavy atom. The quantitative estimate of drug-likeness (QED) is 0.455. The van der Waals surface area contributed by atoms with Crippen LogP contribution in [-0.4, -0.2) is 26.4 Å². The molecule has 0 aliphatic heterocycles. The van der Waals surface area contributed by atoms with Gasteiger partial charge in [-0.25, -0.2) is 8.78 Å². The van der Waals surface area contributed by atoms with E-state index in [0.29, 0.717) is 35.1 Å². The van der Waals surface area contributed by atoms with Crippen LogP contribution < -0.4 is 5.32 Å². The fraction of sp³-hybridized carbons (Fsp3) is 0.105. The minimum atomic E-state index is -0.843. The van der Waals surface area contributed by atoms with Gasteiger partial charge in [-0.15, -0.1) is 10.2 Å². The number of hydrogen-bond donors (Lipinski definition) is 1. The van der Waals surface area contributed by atoms with Crippen molar-refractivity contribution in [2.45, 2.75) is 11.7 Å². The zero-order valence-corrected chi connectivity index (χ0v) is 15.7. The SMILES string of the molecule is O=C(CSc1nnc(-c2ccco2)n1Cc1ccco1)Nc1ccc(F)cc1F. The molecule has 0 saturated heterocycles. The van der Waals surface area contributed by atoms with E-state index in [2.05, 4.69) is 15.5 Å². The molecule has 10 heteroatoms. The molecule has 0 aliphatic rings. The van der Waals surface area contributed by atoms with Crippen molar-refractivity contribution in [1.82, 2.24) is 14.8 Å². The molecule has 3 aromatic heterocycles. The van der Waals surface area contributed by atoms with E-state index >= 15 is 0 Å². The highest BCUT2D eigenvalue weighted by atomic mass is 32.2. The maximum absolute atomic E-state index is 13.7. The lowest BCUT2D eigenvalue weighted by Gasteiger charge is -2.08. The first-order valence-corrected chi connectivity index (χ1v) is 9.46. The van der Waals surface area contributed by atoms with Crippen LogP contribution in [0.3, 0.4) is 0 Å². The fourth-order valence-electron chi connectivity index (χ4n) is 2.59. The second-order valence-corrected chi connectivity index (χ2v) is 6.85. The van der Waals surface area contributed by atoms with Gasteiger partial charge in [0.1, 0.15) is 17.4 Å². The first-order chi connectivity index (χ1) is 14.1. The van der Waals surface area contributed by atoms with Gasteiger partial charge in [-0.3, -0.25) is 9.36 Å². The molecule has 0 saturated carbocycles. The van der Waals surface area contributed by atoms with Crippen LogP contribution in [0.5, 0.6) is 0 Å². The van der Waals surface area contributed by atoms with Crippen LogP contribution in [0, 0.1) is 11.6 Å². The molecular weight excluding hydrogens is 402 g/mol. The molecule has 0 fully saturated rings. The van der Waals surface area contributed by atoms with Crippen molar-refractivity contribution in [2.75, 3.05) is 11.1 Å². The van der Waals surface area contributed by atoms with E-state index in [-0.39, 0.29) is 11.4 Å². The first kappa shape index (κ1) is 18.9. The molecule has 1 amide bonds. The molecule has 1 aromatic carbocycles. The van der Waals surface area contributed by atoms with Crippen molar-refractivity contribution in [2.24, 2.45) is 0 Å². The highest BCUT2D eigenvalue weighted by Gasteiger charge is 2.19. The Kier molecular flexibility index (Phi) is 5.43. The lowest BCUT2D eigenvalue weighted by atomic mass is 10.3. The molecule has 0 radical (unpaired) electrons. The second-order valence-electron chi connectivity index (χ2n) is 5.91. The van der Waals surface area contributed by atoms with Gasteiger partial charge in [0.2, 0.25) is 11.7 Å². The third-order valence-corrected chi connectivity index (χ3v) is 4.86. The largest absolute Gasteiger partial charge is 0.467 e. The Balaban J connectivity index is 1.50. The van der Waals surface area contributed by atoms with Crippen molar-refractivity contribution in [3.05, 3.63) is 72.4 Å². The van der Waals surface area contributed by atoms with E-state index in [0.717, 1.165) is 17.8 Å². The molecule has 29 heavy (non-hydrogen) atoms. The maximum Gasteiger partial charge on any atom is 0.234 e. The summed E-state index contributed by atoms with van der Waals surface area (Å²) in [5, 5.41) is 11.2. The van der Waals surface area contributed by atoms with E-state index < -0.39 is 17.5 Å². The van der Waals surface area contributed by atoms with E-state index in [4.69, 9.17) is 8.83 Å². The van der Waals surface area contributed by atoms with Crippen LogP contribution in [0.4, 0.5) is 14.5 Å². The van der Waals surface area contributed by atoms with Crippen LogP contribution in [0.2, 0.25) is 0 Å². The number of carbonyl (C=O) groups is 1. The van der Waals surface area contributed by atoms with E-state index in [1.54, 1.807) is 29.0 Å². The average Bonchev–Trinajstić information content (AvgIpc) is 3.45. The third-order valence-electron chi connectivity index (χ3n) is 3.89. The van der Waals surface area contributed by atoms with Crippen LogP contribution in [0.15, 0.2) is 69.0 Å². The van der Waals surface area contributed by atoms with Gasteiger partial charge in [-0.05, 0) is 36.4 Å². The molecule has 1 N–H and O–H groups in total. The van der Waals surface area contributed by atoms with Gasteiger partial charge < -0.3 is 14.2 Å². The summed E-state index contributed by atoms with van der Waals surface area (Å²) in [6, 6.07) is 10.0. The molecule has 3 heterocycles. The Labute approximate surface area is 167 Å². The van der Waals surface area contributed by atoms with Crippen LogP contribution >= 0.6 is 11.8 Å². The third kappa shape index (κ3) is 4.37. The number of rotatable bonds is 7. The van der Waals surface area contributed by atoms with Gasteiger partial charge in [0, 0.05) is 6.07 Å². The van der Waals surface area contributed by atoms with Gasteiger partial charge in [-0.2, -0.15) is 0 Å². The Hall–Kier alpha value is -3.40. The molecule has 0 unspecified atom stereocenters. The van der Waals surface area contributed by atoms with Gasteiger partial charge >= 0.3 is 0 Å². The van der Waals surface area contributed by atoms with Crippen molar-refractivity contribution in [1.29, 1.82) is 0 Å². The van der Waals surface area contributed by atoms with E-state index in [1.165, 1.54) is 12.3 Å². The summed E-state index contributed by atoms with van der Waals surface area (Å²) >= 11 is 1.12. The standard InChI is InChI=1S/C19H14F2N4O3S/c20-12-5-6-15(14(21)9-12)22-17(26)11-29-19-24-23-18(16-4-2-8-28-16)25(19)10-13-3-1-7-27-13/h1-9H,10-11H2,(H,22,26). The number of aromatic nitrogens is 3. The van der Waals surface area contributed by atoms with Gasteiger partial charge in [0.05, 0.1) is 30.5 Å². The number of nitrogens with one attached hydrogen (secondary N) is 1. The number of thioether (sulfide) groups is 1. The Bertz CT molecular complexity index is 1110. The number of carbonyl (C=O) groups excluding carboxylic acids is 1. The highest BCUT2D eigenvalue weighted by Crippen LogP contribution is 2.26. The Morgan fingerprint density at radius 3 is 2.66 bits per heavy atom. The molecule has 0 atom stereocenters. The number of halogens is 2. The first-order valence-electron chi connectivity index (χ1n) is 8.47. The predicted octanol–water partition coefficient (Wildman–Crippen LogP) is 4.19. The Morgan fingerprint density at radius 1 is 1.10 bits per heavy atom. The summed E-state index contributed by atoms with van der Waals surface area (Å²) in [6.07, 6.45) is 3.09. The van der Waals surface area contributed by atoms with Crippen molar-refractivity contribution in [3.8, 4) is 11.6 Å². The molecule has 0 bridgehead atoms. The van der Waals surface area contributed by atoms with E-state index in [1.807, 2.05) is 6.07 Å². The van der Waals surface area contributed by atoms with Gasteiger partial charge in [0.25, 0.3) is 0 Å². The van der Waals surface area contributed by atoms with Gasteiger partial charge in [-0.1, -0.05) is 11.8 Å². The number of anilines is 1. The number of nitrogens with zero attached hydrogens (tertiary/aromatic N) is 3. The predicted molar refractivity (Wildman–Crippen MR) is 101 cm³/mol. The molecule has 0 aliphatic carbocycles. The molecule has 4 rings (SSSR count). The number of amides is 1. The topological polar surface area (TPSA) is 86.1 Å². The second kappa shape index (κ2) is 8.31. The monoisotopic (exact) mass is 416 g/mol. The summed E-state index contributed by atoms with van der Waals surface area (Å²) in [5.41, 5.74) is -0.0923. The lowest BCUT2D eigenvalue weighted by molar-refractivity contribution is -0.113. The number of hydrogen-bond acceptors (Lipinski definition) is 6.